The molecule has 0 bridgehead atoms. The van der Waals surface area contributed by atoms with Gasteiger partial charge in [-0.1, -0.05) is 13.8 Å². The van der Waals surface area contributed by atoms with Crippen molar-refractivity contribution in [3.05, 3.63) is 10.6 Å². The number of hydrogen-bond acceptors (Lipinski definition) is 4. The Labute approximate surface area is 120 Å². The zero-order valence-corrected chi connectivity index (χ0v) is 12.9. The zero-order chi connectivity index (χ0) is 13.2. The van der Waals surface area contributed by atoms with Gasteiger partial charge in [0.2, 0.25) is 0 Å². The smallest absolute Gasteiger partial charge is 0.185 e. The SMILES string of the molecule is CC(C)NCc1sc(N2CCCCC2)nc1C1CC1. The fourth-order valence-electron chi connectivity index (χ4n) is 2.67. The fraction of sp³-hybridized carbons (Fsp3) is 0.800. The van der Waals surface area contributed by atoms with E-state index in [4.69, 9.17) is 4.98 Å². The van der Waals surface area contributed by atoms with E-state index in [0.717, 1.165) is 12.5 Å². The summed E-state index contributed by atoms with van der Waals surface area (Å²) in [5, 5.41) is 4.83. The fourth-order valence-corrected chi connectivity index (χ4v) is 3.82. The van der Waals surface area contributed by atoms with Gasteiger partial charge in [-0.15, -0.1) is 11.3 Å². The van der Waals surface area contributed by atoms with Crippen molar-refractivity contribution in [2.45, 2.75) is 64.5 Å². The third-order valence-corrected chi connectivity index (χ3v) is 5.11. The van der Waals surface area contributed by atoms with Gasteiger partial charge in [0, 0.05) is 36.5 Å². The average Bonchev–Trinajstić information content (AvgIpc) is 3.17. The topological polar surface area (TPSA) is 28.2 Å². The molecular weight excluding hydrogens is 254 g/mol. The molecule has 3 nitrogen and oxygen atoms in total. The second kappa shape index (κ2) is 5.80. The first-order chi connectivity index (χ1) is 9.24. The molecule has 0 radical (unpaired) electrons. The highest BCUT2D eigenvalue weighted by atomic mass is 32.1. The minimum atomic E-state index is 0.549. The first kappa shape index (κ1) is 13.4. The summed E-state index contributed by atoms with van der Waals surface area (Å²) in [6.45, 7) is 7.82. The first-order valence-electron chi connectivity index (χ1n) is 7.72. The summed E-state index contributed by atoms with van der Waals surface area (Å²) in [6.07, 6.45) is 6.74. The summed E-state index contributed by atoms with van der Waals surface area (Å²) in [4.78, 5) is 8.96. The molecule has 0 amide bonds. The number of thiazole rings is 1. The van der Waals surface area contributed by atoms with Gasteiger partial charge < -0.3 is 10.2 Å². The molecule has 0 atom stereocenters. The zero-order valence-electron chi connectivity index (χ0n) is 12.1. The van der Waals surface area contributed by atoms with Gasteiger partial charge in [-0.05, 0) is 32.1 Å². The molecule has 2 heterocycles. The van der Waals surface area contributed by atoms with Gasteiger partial charge in [-0.2, -0.15) is 0 Å². The third-order valence-electron chi connectivity index (χ3n) is 3.98. The van der Waals surface area contributed by atoms with Crippen LogP contribution < -0.4 is 10.2 Å². The van der Waals surface area contributed by atoms with Gasteiger partial charge in [0.15, 0.2) is 5.13 Å². The van der Waals surface area contributed by atoms with Crippen LogP contribution in [0.2, 0.25) is 0 Å². The molecular formula is C15H25N3S. The molecule has 0 unspecified atom stereocenters. The molecule has 2 aliphatic rings. The Morgan fingerprint density at radius 2 is 2.00 bits per heavy atom. The van der Waals surface area contributed by atoms with Crippen LogP contribution in [0.15, 0.2) is 0 Å². The number of rotatable bonds is 5. The van der Waals surface area contributed by atoms with Crippen LogP contribution in [-0.4, -0.2) is 24.1 Å². The van der Waals surface area contributed by atoms with E-state index in [9.17, 15) is 0 Å². The van der Waals surface area contributed by atoms with E-state index in [1.54, 1.807) is 0 Å². The van der Waals surface area contributed by atoms with Crippen LogP contribution in [-0.2, 0) is 6.54 Å². The van der Waals surface area contributed by atoms with Crippen molar-refractivity contribution in [3.8, 4) is 0 Å². The molecule has 1 saturated heterocycles. The minimum Gasteiger partial charge on any atom is -0.348 e. The van der Waals surface area contributed by atoms with Gasteiger partial charge in [-0.25, -0.2) is 4.98 Å². The molecule has 0 spiro atoms. The maximum Gasteiger partial charge on any atom is 0.185 e. The van der Waals surface area contributed by atoms with Crippen molar-refractivity contribution in [1.82, 2.24) is 10.3 Å². The van der Waals surface area contributed by atoms with Crippen molar-refractivity contribution in [2.75, 3.05) is 18.0 Å². The molecule has 106 valence electrons. The molecule has 1 aromatic rings. The molecule has 1 N–H and O–H groups in total. The minimum absolute atomic E-state index is 0.549. The normalized spacial score (nSPS) is 20.3. The molecule has 19 heavy (non-hydrogen) atoms. The highest BCUT2D eigenvalue weighted by Crippen LogP contribution is 2.44. The summed E-state index contributed by atoms with van der Waals surface area (Å²) in [5.74, 6) is 0.763. The van der Waals surface area contributed by atoms with Crippen molar-refractivity contribution in [2.24, 2.45) is 0 Å². The van der Waals surface area contributed by atoms with E-state index in [0.29, 0.717) is 6.04 Å². The number of aromatic nitrogens is 1. The van der Waals surface area contributed by atoms with Crippen LogP contribution in [0, 0.1) is 0 Å². The van der Waals surface area contributed by atoms with Gasteiger partial charge in [0.25, 0.3) is 0 Å². The van der Waals surface area contributed by atoms with Crippen LogP contribution in [0.4, 0.5) is 5.13 Å². The second-order valence-electron chi connectivity index (χ2n) is 6.16. The van der Waals surface area contributed by atoms with E-state index >= 15 is 0 Å². The molecule has 1 aliphatic heterocycles. The van der Waals surface area contributed by atoms with E-state index < -0.39 is 0 Å². The van der Waals surface area contributed by atoms with Crippen LogP contribution in [0.1, 0.15) is 62.4 Å². The maximum atomic E-state index is 4.98. The Balaban J connectivity index is 1.75. The van der Waals surface area contributed by atoms with Crippen molar-refractivity contribution in [3.63, 3.8) is 0 Å². The monoisotopic (exact) mass is 279 g/mol. The Hall–Kier alpha value is -0.610. The Bertz CT molecular complexity index is 417. The Kier molecular flexibility index (Phi) is 4.08. The molecule has 2 fully saturated rings. The van der Waals surface area contributed by atoms with E-state index in [2.05, 4.69) is 24.1 Å². The summed E-state index contributed by atoms with van der Waals surface area (Å²) in [7, 11) is 0. The molecule has 0 aromatic carbocycles. The second-order valence-corrected chi connectivity index (χ2v) is 7.22. The summed E-state index contributed by atoms with van der Waals surface area (Å²) < 4.78 is 0. The van der Waals surface area contributed by atoms with E-state index in [1.807, 2.05) is 11.3 Å². The summed E-state index contributed by atoms with van der Waals surface area (Å²) in [6, 6.07) is 0.549. The highest BCUT2D eigenvalue weighted by molar-refractivity contribution is 7.15. The molecule has 1 aromatic heterocycles. The molecule has 1 saturated carbocycles. The molecule has 1 aliphatic carbocycles. The van der Waals surface area contributed by atoms with Crippen LogP contribution in [0.25, 0.3) is 0 Å². The predicted molar refractivity (Wildman–Crippen MR) is 82.1 cm³/mol. The number of anilines is 1. The standard InChI is InChI=1S/C15H25N3S/c1-11(2)16-10-13-14(12-6-7-12)17-15(19-13)18-8-4-3-5-9-18/h11-12,16H,3-10H2,1-2H3. The number of nitrogens with zero attached hydrogens (tertiary/aromatic N) is 2. The lowest BCUT2D eigenvalue weighted by atomic mass is 10.1. The molecule has 4 heteroatoms. The number of hydrogen-bond donors (Lipinski definition) is 1. The first-order valence-corrected chi connectivity index (χ1v) is 8.53. The van der Waals surface area contributed by atoms with Crippen molar-refractivity contribution < 1.29 is 0 Å². The average molecular weight is 279 g/mol. The number of piperidine rings is 1. The highest BCUT2D eigenvalue weighted by Gasteiger charge is 2.30. The van der Waals surface area contributed by atoms with Gasteiger partial charge in [0.05, 0.1) is 5.69 Å². The lowest BCUT2D eigenvalue weighted by molar-refractivity contribution is 0.576. The van der Waals surface area contributed by atoms with Crippen LogP contribution in [0.5, 0.6) is 0 Å². The number of nitrogens with one attached hydrogen (secondary N) is 1. The van der Waals surface area contributed by atoms with Gasteiger partial charge in [-0.3, -0.25) is 0 Å². The summed E-state index contributed by atoms with van der Waals surface area (Å²) >= 11 is 1.93. The largest absolute Gasteiger partial charge is 0.348 e. The molecule has 3 rings (SSSR count). The van der Waals surface area contributed by atoms with Crippen LogP contribution in [0.3, 0.4) is 0 Å². The van der Waals surface area contributed by atoms with Crippen molar-refractivity contribution >= 4 is 16.5 Å². The van der Waals surface area contributed by atoms with E-state index in [1.165, 1.54) is 60.9 Å². The van der Waals surface area contributed by atoms with Crippen LogP contribution >= 0.6 is 11.3 Å². The third kappa shape index (κ3) is 3.29. The quantitative estimate of drug-likeness (QED) is 0.894. The predicted octanol–water partition coefficient (Wildman–Crippen LogP) is 3.51. The lowest BCUT2D eigenvalue weighted by Crippen LogP contribution is -2.29. The lowest BCUT2D eigenvalue weighted by Gasteiger charge is -2.25. The van der Waals surface area contributed by atoms with Crippen molar-refractivity contribution in [1.29, 1.82) is 0 Å². The Morgan fingerprint density at radius 1 is 1.26 bits per heavy atom. The van der Waals surface area contributed by atoms with Gasteiger partial charge in [0.1, 0.15) is 0 Å². The van der Waals surface area contributed by atoms with Gasteiger partial charge >= 0.3 is 0 Å². The maximum absolute atomic E-state index is 4.98. The Morgan fingerprint density at radius 3 is 2.63 bits per heavy atom. The summed E-state index contributed by atoms with van der Waals surface area (Å²) in [5.41, 5.74) is 1.40. The van der Waals surface area contributed by atoms with E-state index in [-0.39, 0.29) is 0 Å².